The second kappa shape index (κ2) is 7.92. The summed E-state index contributed by atoms with van der Waals surface area (Å²) in [4.78, 5) is 23.9. The standard InChI is InChI=1S/C20H23NO5S/c1-4-13-27(25,26)17-8-6-5-7-16(17)18(22)21-15-11-9-14(10-12-15)20(2,3)19(23)24/h5-12H,4,13H2,1-3H3,(H,21,22)(H,23,24). The zero-order valence-electron chi connectivity index (χ0n) is 15.5. The highest BCUT2D eigenvalue weighted by molar-refractivity contribution is 7.91. The second-order valence-electron chi connectivity index (χ2n) is 6.78. The number of sulfone groups is 1. The summed E-state index contributed by atoms with van der Waals surface area (Å²) in [6.45, 7) is 4.95. The number of carboxylic acids is 1. The summed E-state index contributed by atoms with van der Waals surface area (Å²) in [6.07, 6.45) is 0.457. The Balaban J connectivity index is 2.28. The maximum atomic E-state index is 12.6. The first kappa shape index (κ1) is 20.6. The van der Waals surface area contributed by atoms with Gasteiger partial charge in [-0.15, -0.1) is 0 Å². The van der Waals surface area contributed by atoms with Crippen LogP contribution < -0.4 is 5.32 Å². The summed E-state index contributed by atoms with van der Waals surface area (Å²) >= 11 is 0. The van der Waals surface area contributed by atoms with Gasteiger partial charge in [0.1, 0.15) is 0 Å². The highest BCUT2D eigenvalue weighted by Gasteiger charge is 2.29. The van der Waals surface area contributed by atoms with Gasteiger partial charge in [-0.05, 0) is 50.1 Å². The summed E-state index contributed by atoms with van der Waals surface area (Å²) in [5.74, 6) is -1.51. The van der Waals surface area contributed by atoms with Crippen LogP contribution in [0.5, 0.6) is 0 Å². The lowest BCUT2D eigenvalue weighted by atomic mass is 9.85. The number of anilines is 1. The minimum Gasteiger partial charge on any atom is -0.481 e. The first-order valence-electron chi connectivity index (χ1n) is 8.56. The highest BCUT2D eigenvalue weighted by atomic mass is 32.2. The van der Waals surface area contributed by atoms with Crippen molar-refractivity contribution in [2.75, 3.05) is 11.1 Å². The second-order valence-corrected chi connectivity index (χ2v) is 8.85. The van der Waals surface area contributed by atoms with Crippen LogP contribution in [0.15, 0.2) is 53.4 Å². The van der Waals surface area contributed by atoms with Crippen molar-refractivity contribution in [1.82, 2.24) is 0 Å². The van der Waals surface area contributed by atoms with Crippen molar-refractivity contribution < 1.29 is 23.1 Å². The molecule has 2 N–H and O–H groups in total. The van der Waals surface area contributed by atoms with Crippen molar-refractivity contribution in [2.24, 2.45) is 0 Å². The van der Waals surface area contributed by atoms with Gasteiger partial charge >= 0.3 is 5.97 Å². The van der Waals surface area contributed by atoms with Crippen LogP contribution >= 0.6 is 0 Å². The van der Waals surface area contributed by atoms with Crippen LogP contribution in [0.2, 0.25) is 0 Å². The third kappa shape index (κ3) is 4.54. The molecule has 0 radical (unpaired) electrons. The quantitative estimate of drug-likeness (QED) is 0.755. The number of nitrogens with one attached hydrogen (secondary N) is 1. The molecule has 1 amide bonds. The molecule has 27 heavy (non-hydrogen) atoms. The van der Waals surface area contributed by atoms with Crippen LogP contribution in [-0.2, 0) is 20.0 Å². The average Bonchev–Trinajstić information content (AvgIpc) is 2.62. The molecule has 0 fully saturated rings. The van der Waals surface area contributed by atoms with E-state index in [1.54, 1.807) is 57.2 Å². The van der Waals surface area contributed by atoms with Crippen LogP contribution in [-0.4, -0.2) is 31.2 Å². The van der Waals surface area contributed by atoms with Gasteiger partial charge in [0.2, 0.25) is 0 Å². The molecule has 0 bridgehead atoms. The Kier molecular flexibility index (Phi) is 6.05. The van der Waals surface area contributed by atoms with Gasteiger partial charge in [-0.25, -0.2) is 8.42 Å². The molecule has 0 unspecified atom stereocenters. The number of amides is 1. The molecule has 2 aromatic rings. The van der Waals surface area contributed by atoms with E-state index in [0.29, 0.717) is 17.7 Å². The number of hydrogen-bond donors (Lipinski definition) is 2. The Hall–Kier alpha value is -2.67. The summed E-state index contributed by atoms with van der Waals surface area (Å²) in [5.41, 5.74) is 0.0797. The van der Waals surface area contributed by atoms with E-state index in [9.17, 15) is 23.1 Å². The fourth-order valence-electron chi connectivity index (χ4n) is 2.60. The van der Waals surface area contributed by atoms with Crippen LogP contribution in [0.25, 0.3) is 0 Å². The van der Waals surface area contributed by atoms with E-state index < -0.39 is 27.1 Å². The van der Waals surface area contributed by atoms with Gasteiger partial charge in [-0.1, -0.05) is 31.2 Å². The molecule has 7 heteroatoms. The Morgan fingerprint density at radius 1 is 1.04 bits per heavy atom. The highest BCUT2D eigenvalue weighted by Crippen LogP contribution is 2.25. The molecule has 0 spiro atoms. The predicted octanol–water partition coefficient (Wildman–Crippen LogP) is 3.48. The number of carbonyl (C=O) groups is 2. The maximum absolute atomic E-state index is 12.6. The van der Waals surface area contributed by atoms with Crippen molar-refractivity contribution in [2.45, 2.75) is 37.5 Å². The molecular weight excluding hydrogens is 366 g/mol. The number of benzene rings is 2. The molecule has 0 saturated carbocycles. The molecular formula is C20H23NO5S. The van der Waals surface area contributed by atoms with E-state index >= 15 is 0 Å². The molecule has 6 nitrogen and oxygen atoms in total. The van der Waals surface area contributed by atoms with Gasteiger partial charge in [-0.3, -0.25) is 9.59 Å². The van der Waals surface area contributed by atoms with Crippen molar-refractivity contribution in [3.05, 3.63) is 59.7 Å². The molecule has 0 atom stereocenters. The van der Waals surface area contributed by atoms with E-state index in [-0.39, 0.29) is 16.2 Å². The molecule has 0 heterocycles. The molecule has 2 rings (SSSR count). The number of carbonyl (C=O) groups excluding carboxylic acids is 1. The molecule has 0 aliphatic heterocycles. The lowest BCUT2D eigenvalue weighted by Gasteiger charge is -2.20. The SMILES string of the molecule is CCCS(=O)(=O)c1ccccc1C(=O)Nc1ccc(C(C)(C)C(=O)O)cc1. The normalized spacial score (nSPS) is 11.8. The predicted molar refractivity (Wildman–Crippen MR) is 104 cm³/mol. The van der Waals surface area contributed by atoms with Gasteiger partial charge in [0.15, 0.2) is 9.84 Å². The Morgan fingerprint density at radius 2 is 1.63 bits per heavy atom. The topological polar surface area (TPSA) is 101 Å². The smallest absolute Gasteiger partial charge is 0.313 e. The maximum Gasteiger partial charge on any atom is 0.313 e. The third-order valence-corrected chi connectivity index (χ3v) is 6.31. The van der Waals surface area contributed by atoms with Crippen molar-refractivity contribution in [3.8, 4) is 0 Å². The zero-order valence-corrected chi connectivity index (χ0v) is 16.3. The van der Waals surface area contributed by atoms with Crippen molar-refractivity contribution in [3.63, 3.8) is 0 Å². The Morgan fingerprint density at radius 3 is 2.19 bits per heavy atom. The van der Waals surface area contributed by atoms with E-state index in [1.165, 1.54) is 12.1 Å². The van der Waals surface area contributed by atoms with Crippen LogP contribution in [0, 0.1) is 0 Å². The Labute approximate surface area is 159 Å². The van der Waals surface area contributed by atoms with Gasteiger partial charge in [-0.2, -0.15) is 0 Å². The summed E-state index contributed by atoms with van der Waals surface area (Å²) in [7, 11) is -3.54. The average molecular weight is 389 g/mol. The third-order valence-electron chi connectivity index (χ3n) is 4.34. The fourth-order valence-corrected chi connectivity index (χ4v) is 4.14. The first-order valence-corrected chi connectivity index (χ1v) is 10.2. The lowest BCUT2D eigenvalue weighted by molar-refractivity contribution is -0.142. The van der Waals surface area contributed by atoms with E-state index in [0.717, 1.165) is 0 Å². The monoisotopic (exact) mass is 389 g/mol. The molecule has 2 aromatic carbocycles. The lowest BCUT2D eigenvalue weighted by Crippen LogP contribution is -2.28. The first-order chi connectivity index (χ1) is 12.6. The van der Waals surface area contributed by atoms with Gasteiger partial charge in [0, 0.05) is 5.69 Å². The molecule has 0 aromatic heterocycles. The summed E-state index contributed by atoms with van der Waals surface area (Å²) in [5, 5.41) is 12.0. The van der Waals surface area contributed by atoms with Gasteiger partial charge < -0.3 is 10.4 Å². The summed E-state index contributed by atoms with van der Waals surface area (Å²) < 4.78 is 24.8. The number of rotatable bonds is 7. The van der Waals surface area contributed by atoms with E-state index in [1.807, 2.05) is 0 Å². The van der Waals surface area contributed by atoms with Crippen LogP contribution in [0.4, 0.5) is 5.69 Å². The molecule has 0 aliphatic rings. The number of hydrogen-bond acceptors (Lipinski definition) is 4. The number of aliphatic carboxylic acids is 1. The molecule has 144 valence electrons. The van der Waals surface area contributed by atoms with Crippen LogP contribution in [0.3, 0.4) is 0 Å². The van der Waals surface area contributed by atoms with Gasteiger partial charge in [0.05, 0.1) is 21.6 Å². The van der Waals surface area contributed by atoms with Crippen molar-refractivity contribution >= 4 is 27.4 Å². The van der Waals surface area contributed by atoms with Crippen molar-refractivity contribution in [1.29, 1.82) is 0 Å². The fraction of sp³-hybridized carbons (Fsp3) is 0.300. The zero-order chi connectivity index (χ0) is 20.2. The van der Waals surface area contributed by atoms with Crippen LogP contribution in [0.1, 0.15) is 43.1 Å². The molecule has 0 saturated heterocycles. The van der Waals surface area contributed by atoms with Gasteiger partial charge in [0.25, 0.3) is 5.91 Å². The minimum absolute atomic E-state index is 0.00739. The molecule has 0 aliphatic carbocycles. The minimum atomic E-state index is -3.54. The van der Waals surface area contributed by atoms with E-state index in [4.69, 9.17) is 0 Å². The summed E-state index contributed by atoms with van der Waals surface area (Å²) in [6, 6.07) is 12.5. The Bertz CT molecular complexity index is 947. The number of carboxylic acid groups (broad SMARTS) is 1. The largest absolute Gasteiger partial charge is 0.481 e. The van der Waals surface area contributed by atoms with E-state index in [2.05, 4.69) is 5.32 Å².